The maximum atomic E-state index is 11.0. The molecule has 0 aromatic heterocycles. The highest BCUT2D eigenvalue weighted by molar-refractivity contribution is 5.74. The van der Waals surface area contributed by atoms with Gasteiger partial charge < -0.3 is 27.7 Å². The molecule has 1 amide bonds. The maximum Gasteiger partial charge on any atom is 0.397 e. The number of quaternary nitrogens is 1. The van der Waals surface area contributed by atoms with E-state index >= 15 is 0 Å². The molecule has 3 N–H and O–H groups in total. The quantitative estimate of drug-likeness (QED) is 0.539. The molecule has 0 aliphatic heterocycles. The zero-order valence-corrected chi connectivity index (χ0v) is 10.3. The van der Waals surface area contributed by atoms with Crippen molar-refractivity contribution in [1.29, 1.82) is 0 Å². The lowest BCUT2D eigenvalue weighted by molar-refractivity contribution is -0.870. The smallest absolute Gasteiger partial charge is 0.397 e. The summed E-state index contributed by atoms with van der Waals surface area (Å²) in [4.78, 5) is 9.52. The van der Waals surface area contributed by atoms with E-state index in [0.29, 0.717) is 0 Å². The molecule has 0 spiro atoms. The van der Waals surface area contributed by atoms with E-state index in [2.05, 4.69) is 26.9 Å². The van der Waals surface area contributed by atoms with Gasteiger partial charge in [0.25, 0.3) is 0 Å². The molecular formula is C8H18ClF3N2O2. The third kappa shape index (κ3) is 29.2. The molecule has 0 atom stereocenters. The van der Waals surface area contributed by atoms with Crippen molar-refractivity contribution in [3.8, 4) is 0 Å². The van der Waals surface area contributed by atoms with Gasteiger partial charge in [0, 0.05) is 0 Å². The second-order valence-electron chi connectivity index (χ2n) is 4.00. The van der Waals surface area contributed by atoms with Gasteiger partial charge in [-0.3, -0.25) is 4.79 Å². The number of alkyl halides is 3. The number of aliphatic hydroxyl groups excluding tert-OH is 1. The monoisotopic (exact) mass is 266 g/mol. The molecule has 0 fully saturated rings. The van der Waals surface area contributed by atoms with Crippen LogP contribution >= 0.6 is 0 Å². The third-order valence-corrected chi connectivity index (χ3v) is 1.15. The van der Waals surface area contributed by atoms with Gasteiger partial charge in [0.1, 0.15) is 13.0 Å². The minimum absolute atomic E-state index is 0. The van der Waals surface area contributed by atoms with Crippen LogP contribution in [0.3, 0.4) is 0 Å². The van der Waals surface area contributed by atoms with Crippen LogP contribution in [0.5, 0.6) is 0 Å². The summed E-state index contributed by atoms with van der Waals surface area (Å²) in [6, 6.07) is 0. The Labute approximate surface area is 99.2 Å². The molecular weight excluding hydrogens is 249 g/mol. The van der Waals surface area contributed by atoms with Crippen LogP contribution in [0.15, 0.2) is 0 Å². The van der Waals surface area contributed by atoms with Crippen molar-refractivity contribution in [2.45, 2.75) is 12.6 Å². The van der Waals surface area contributed by atoms with E-state index in [1.165, 1.54) is 0 Å². The summed E-state index contributed by atoms with van der Waals surface area (Å²) >= 11 is 0. The molecule has 0 bridgehead atoms. The Balaban J connectivity index is -0.000000200. The fraction of sp³-hybridized carbons (Fsp3) is 0.875. The Hall–Kier alpha value is -0.530. The Morgan fingerprint density at radius 2 is 1.69 bits per heavy atom. The number of nitrogens with zero attached hydrogens (tertiary/aromatic N) is 1. The molecule has 0 aromatic rings. The summed E-state index contributed by atoms with van der Waals surface area (Å²) in [5.74, 6) is -1.35. The van der Waals surface area contributed by atoms with E-state index in [9.17, 15) is 18.0 Å². The predicted molar refractivity (Wildman–Crippen MR) is 49.9 cm³/mol. The minimum Gasteiger partial charge on any atom is -1.00 e. The highest BCUT2D eigenvalue weighted by Gasteiger charge is 2.29. The van der Waals surface area contributed by atoms with Crippen molar-refractivity contribution >= 4 is 5.91 Å². The lowest BCUT2D eigenvalue weighted by Gasteiger charge is -2.21. The van der Waals surface area contributed by atoms with E-state index in [-0.39, 0.29) is 19.0 Å². The summed E-state index contributed by atoms with van der Waals surface area (Å²) in [5.41, 5.74) is 4.22. The fourth-order valence-corrected chi connectivity index (χ4v) is 0.498. The van der Waals surface area contributed by atoms with E-state index in [1.807, 2.05) is 0 Å². The highest BCUT2D eigenvalue weighted by Crippen LogP contribution is 2.17. The average Bonchev–Trinajstić information content (AvgIpc) is 1.77. The van der Waals surface area contributed by atoms with Gasteiger partial charge in [-0.15, -0.1) is 0 Å². The number of aliphatic hydroxyl groups is 1. The molecule has 0 unspecified atom stereocenters. The number of likely N-dealkylation sites (N-methyl/N-ethyl adjacent to an activating group) is 1. The van der Waals surface area contributed by atoms with Crippen LogP contribution < -0.4 is 18.1 Å². The summed E-state index contributed by atoms with van der Waals surface area (Å²) in [6.07, 6.45) is -5.99. The van der Waals surface area contributed by atoms with Crippen LogP contribution in [0, 0.1) is 0 Å². The topological polar surface area (TPSA) is 63.3 Å². The molecule has 16 heavy (non-hydrogen) atoms. The van der Waals surface area contributed by atoms with E-state index in [4.69, 9.17) is 5.11 Å². The van der Waals surface area contributed by atoms with Gasteiger partial charge in [-0.05, 0) is 0 Å². The predicted octanol–water partition coefficient (Wildman–Crippen LogP) is -2.89. The van der Waals surface area contributed by atoms with Crippen molar-refractivity contribution in [3.05, 3.63) is 0 Å². The zero-order valence-electron chi connectivity index (χ0n) is 9.51. The Morgan fingerprint density at radius 1 is 1.31 bits per heavy atom. The number of halogens is 4. The number of primary amides is 1. The number of hydrogen-bond donors (Lipinski definition) is 2. The van der Waals surface area contributed by atoms with Gasteiger partial charge in [0.2, 0.25) is 5.91 Å². The first kappa shape index (κ1) is 20.8. The van der Waals surface area contributed by atoms with Crippen molar-refractivity contribution < 1.29 is 40.0 Å². The Bertz CT molecular complexity index is 193. The number of rotatable bonds is 3. The first-order chi connectivity index (χ1) is 6.48. The van der Waals surface area contributed by atoms with E-state index in [1.54, 1.807) is 0 Å². The lowest BCUT2D eigenvalue weighted by atomic mass is 10.4. The van der Waals surface area contributed by atoms with Crippen molar-refractivity contribution in [2.24, 2.45) is 5.73 Å². The number of hydrogen-bond acceptors (Lipinski definition) is 2. The summed E-state index contributed by atoms with van der Waals surface area (Å²) in [7, 11) is 6.16. The van der Waals surface area contributed by atoms with Gasteiger partial charge in [-0.25, -0.2) is 0 Å². The first-order valence-corrected chi connectivity index (χ1v) is 4.24. The molecule has 0 rings (SSSR count). The third-order valence-electron chi connectivity index (χ3n) is 1.15. The molecule has 0 saturated carbocycles. The van der Waals surface area contributed by atoms with Crippen molar-refractivity contribution in [3.63, 3.8) is 0 Å². The fourth-order valence-electron chi connectivity index (χ4n) is 0.498. The lowest BCUT2D eigenvalue weighted by Crippen LogP contribution is -3.00. The van der Waals surface area contributed by atoms with Gasteiger partial charge in [-0.1, -0.05) is 0 Å². The number of carbonyl (C=O) groups is 1. The molecule has 4 nitrogen and oxygen atoms in total. The average molecular weight is 267 g/mol. The van der Waals surface area contributed by atoms with Crippen LogP contribution in [0.4, 0.5) is 13.2 Å². The van der Waals surface area contributed by atoms with Crippen LogP contribution in [0.2, 0.25) is 0 Å². The van der Waals surface area contributed by atoms with Gasteiger partial charge in [0.15, 0.2) is 0 Å². The van der Waals surface area contributed by atoms with Crippen LogP contribution in [-0.4, -0.2) is 56.0 Å². The van der Waals surface area contributed by atoms with E-state index < -0.39 is 18.5 Å². The van der Waals surface area contributed by atoms with E-state index in [0.717, 1.165) is 11.0 Å². The second-order valence-corrected chi connectivity index (χ2v) is 4.00. The largest absolute Gasteiger partial charge is 1.00 e. The Kier molecular flexibility index (Phi) is 11.2. The Morgan fingerprint density at radius 3 is 1.69 bits per heavy atom. The van der Waals surface area contributed by atoms with Crippen LogP contribution in [0.25, 0.3) is 0 Å². The molecule has 0 heterocycles. The summed E-state index contributed by atoms with van der Waals surface area (Å²) in [5, 5.41) is 8.39. The normalized spacial score (nSPS) is 10.9. The van der Waals surface area contributed by atoms with Gasteiger partial charge >= 0.3 is 6.18 Å². The molecule has 0 aromatic carbocycles. The SMILES string of the molecule is C[N+](C)(C)CCO.NC(=O)CC(F)(F)F.[Cl-]. The number of nitrogens with two attached hydrogens (primary N) is 1. The summed E-state index contributed by atoms with van der Waals surface area (Å²) in [6.45, 7) is 1.11. The minimum atomic E-state index is -4.45. The first-order valence-electron chi connectivity index (χ1n) is 4.24. The maximum absolute atomic E-state index is 11.0. The standard InChI is InChI=1S/C5H14NO.C3H4F3NO.ClH/c1-6(2,3)4-5-7;4-3(5,6)1-2(7)8;/h7H,4-5H2,1-3H3;1H2,(H2,7,8);1H/q+1;;/p-1. The number of carbonyl (C=O) groups excluding carboxylic acids is 1. The molecule has 0 radical (unpaired) electrons. The molecule has 0 aliphatic rings. The molecule has 100 valence electrons. The zero-order chi connectivity index (χ0) is 12.7. The molecule has 0 aliphatic carbocycles. The van der Waals surface area contributed by atoms with Crippen LogP contribution in [-0.2, 0) is 4.79 Å². The highest BCUT2D eigenvalue weighted by atomic mass is 35.5. The van der Waals surface area contributed by atoms with Gasteiger partial charge in [0.05, 0.1) is 27.7 Å². The van der Waals surface area contributed by atoms with Crippen molar-refractivity contribution in [1.82, 2.24) is 0 Å². The van der Waals surface area contributed by atoms with Crippen LogP contribution in [0.1, 0.15) is 6.42 Å². The second kappa shape index (κ2) is 8.60. The molecule has 0 saturated heterocycles. The van der Waals surface area contributed by atoms with Gasteiger partial charge in [-0.2, -0.15) is 13.2 Å². The van der Waals surface area contributed by atoms with Crippen molar-refractivity contribution in [2.75, 3.05) is 34.3 Å². The molecule has 8 heteroatoms. The number of amides is 1. The summed E-state index contributed by atoms with van der Waals surface area (Å²) < 4.78 is 33.9.